The van der Waals surface area contributed by atoms with Gasteiger partial charge in [-0.3, -0.25) is 4.79 Å². The minimum absolute atomic E-state index is 0.0656. The van der Waals surface area contributed by atoms with Gasteiger partial charge in [-0.25, -0.2) is 0 Å². The number of anilines is 1. The predicted molar refractivity (Wildman–Crippen MR) is 118 cm³/mol. The van der Waals surface area contributed by atoms with Crippen LogP contribution in [0.15, 0.2) is 72.8 Å². The lowest BCUT2D eigenvalue weighted by molar-refractivity contribution is -0.123. The number of nitrogens with one attached hydrogen (secondary N) is 1. The van der Waals surface area contributed by atoms with Gasteiger partial charge in [0.05, 0.1) is 16.6 Å². The molecule has 1 amide bonds. The van der Waals surface area contributed by atoms with Crippen LogP contribution < -0.4 is 5.32 Å². The van der Waals surface area contributed by atoms with Crippen LogP contribution in [0.25, 0.3) is 0 Å². The fraction of sp³-hybridized carbons (Fsp3) is 0.269. The number of fused-ring (bicyclic) bond motifs is 1. The first-order chi connectivity index (χ1) is 14.1. The molecule has 3 aromatic rings. The zero-order valence-corrected chi connectivity index (χ0v) is 17.4. The van der Waals surface area contributed by atoms with E-state index in [1.165, 1.54) is 22.3 Å². The molecule has 6 rings (SSSR count). The maximum atomic E-state index is 13.7. The van der Waals surface area contributed by atoms with Crippen LogP contribution in [0, 0.1) is 17.8 Å². The molecular weight excluding hydrogens is 378 g/mol. The molecule has 0 heterocycles. The number of carbonyl (C=O) groups excluding carboxylic acids is 1. The molecule has 0 saturated heterocycles. The lowest BCUT2D eigenvalue weighted by atomic mass is 9.52. The van der Waals surface area contributed by atoms with Gasteiger partial charge in [0.1, 0.15) is 0 Å². The molecule has 1 N–H and O–H groups in total. The van der Waals surface area contributed by atoms with Crippen molar-refractivity contribution in [3.63, 3.8) is 0 Å². The molecule has 0 unspecified atom stereocenters. The Morgan fingerprint density at radius 2 is 1.28 bits per heavy atom. The third-order valence-corrected chi connectivity index (χ3v) is 7.02. The highest BCUT2D eigenvalue weighted by Gasteiger charge is 2.53. The molecule has 2 nitrogen and oxygen atoms in total. The maximum absolute atomic E-state index is 13.7. The lowest BCUT2D eigenvalue weighted by Gasteiger charge is -2.51. The van der Waals surface area contributed by atoms with Crippen molar-refractivity contribution in [2.24, 2.45) is 17.8 Å². The zero-order chi connectivity index (χ0) is 20.1. The van der Waals surface area contributed by atoms with Gasteiger partial charge >= 0.3 is 0 Å². The average Bonchev–Trinajstić information content (AvgIpc) is 2.74. The van der Waals surface area contributed by atoms with Gasteiger partial charge in [-0.2, -0.15) is 0 Å². The van der Waals surface area contributed by atoms with Crippen LogP contribution in [0.1, 0.15) is 47.9 Å². The number of benzene rings is 3. The quantitative estimate of drug-likeness (QED) is 0.536. The van der Waals surface area contributed by atoms with Crippen molar-refractivity contribution in [3.8, 4) is 0 Å². The molecule has 0 spiro atoms. The van der Waals surface area contributed by atoms with Gasteiger partial charge in [0.25, 0.3) is 0 Å². The standard InChI is InChI=1S/C26H24ClNO/c1-15(2)22-23-16-9-3-5-11-18(16)24(19-12-6-4-10-17(19)23)25(22)26(29)28-21-14-8-7-13-20(21)27/h3-15,22-25H,1-2H3,(H,28,29)/t22-,23?,24?,25+/m1/s1. The van der Waals surface area contributed by atoms with E-state index >= 15 is 0 Å². The van der Waals surface area contributed by atoms with Crippen molar-refractivity contribution in [1.82, 2.24) is 0 Å². The van der Waals surface area contributed by atoms with Crippen LogP contribution in [0.4, 0.5) is 5.69 Å². The van der Waals surface area contributed by atoms with Gasteiger partial charge < -0.3 is 5.32 Å². The Kier molecular flexibility index (Phi) is 4.48. The molecule has 0 aliphatic heterocycles. The second-order valence-corrected chi connectivity index (χ2v) is 8.94. The second kappa shape index (κ2) is 7.03. The number of rotatable bonds is 3. The van der Waals surface area contributed by atoms with Gasteiger partial charge in [0.2, 0.25) is 5.91 Å². The van der Waals surface area contributed by atoms with E-state index in [0.29, 0.717) is 16.6 Å². The summed E-state index contributed by atoms with van der Waals surface area (Å²) in [6.07, 6.45) is 0. The number of halogens is 1. The number of hydrogen-bond acceptors (Lipinski definition) is 1. The lowest BCUT2D eigenvalue weighted by Crippen LogP contribution is -2.47. The summed E-state index contributed by atoms with van der Waals surface area (Å²) in [5.41, 5.74) is 6.05. The summed E-state index contributed by atoms with van der Waals surface area (Å²) >= 11 is 6.33. The van der Waals surface area contributed by atoms with E-state index < -0.39 is 0 Å². The number of carbonyl (C=O) groups is 1. The molecule has 0 saturated carbocycles. The van der Waals surface area contributed by atoms with Gasteiger partial charge in [-0.1, -0.05) is 86.1 Å². The van der Waals surface area contributed by atoms with Crippen molar-refractivity contribution >= 4 is 23.2 Å². The highest BCUT2D eigenvalue weighted by atomic mass is 35.5. The Hall–Kier alpha value is -2.58. The molecule has 3 heteroatoms. The van der Waals surface area contributed by atoms with E-state index in [0.717, 1.165) is 0 Å². The van der Waals surface area contributed by atoms with Crippen molar-refractivity contribution < 1.29 is 4.79 Å². The van der Waals surface area contributed by atoms with Crippen LogP contribution >= 0.6 is 11.6 Å². The summed E-state index contributed by atoms with van der Waals surface area (Å²) in [4.78, 5) is 13.7. The van der Waals surface area contributed by atoms with Gasteiger partial charge in [-0.05, 0) is 46.2 Å². The third kappa shape index (κ3) is 2.81. The minimum atomic E-state index is -0.124. The molecule has 146 valence electrons. The van der Waals surface area contributed by atoms with Crippen molar-refractivity contribution in [3.05, 3.63) is 100 Å². The van der Waals surface area contributed by atoms with E-state index in [-0.39, 0.29) is 29.6 Å². The van der Waals surface area contributed by atoms with Crippen LogP contribution in [-0.4, -0.2) is 5.91 Å². The number of amides is 1. The predicted octanol–water partition coefficient (Wildman–Crippen LogP) is 6.46. The van der Waals surface area contributed by atoms with Crippen LogP contribution in [-0.2, 0) is 4.79 Å². The van der Waals surface area contributed by atoms with Crippen molar-refractivity contribution in [1.29, 1.82) is 0 Å². The Balaban J connectivity index is 1.66. The third-order valence-electron chi connectivity index (χ3n) is 6.70. The van der Waals surface area contributed by atoms with Gasteiger partial charge in [0, 0.05) is 11.8 Å². The smallest absolute Gasteiger partial charge is 0.228 e. The fourth-order valence-corrected chi connectivity index (χ4v) is 5.81. The summed E-state index contributed by atoms with van der Waals surface area (Å²) in [7, 11) is 0. The van der Waals surface area contributed by atoms with E-state index in [9.17, 15) is 4.79 Å². The van der Waals surface area contributed by atoms with Crippen LogP contribution in [0.3, 0.4) is 0 Å². The van der Waals surface area contributed by atoms with Gasteiger partial charge in [-0.15, -0.1) is 0 Å². The first-order valence-corrected chi connectivity index (χ1v) is 10.7. The van der Waals surface area contributed by atoms with Gasteiger partial charge in [0.15, 0.2) is 0 Å². The van der Waals surface area contributed by atoms with Crippen LogP contribution in [0.2, 0.25) is 5.02 Å². The molecule has 29 heavy (non-hydrogen) atoms. The van der Waals surface area contributed by atoms with Crippen molar-refractivity contribution in [2.45, 2.75) is 25.7 Å². The molecule has 3 aliphatic carbocycles. The van der Waals surface area contributed by atoms with Crippen LogP contribution in [0.5, 0.6) is 0 Å². The summed E-state index contributed by atoms with van der Waals surface area (Å²) in [5.74, 6) is 0.882. The van der Waals surface area contributed by atoms with E-state index in [1.54, 1.807) is 0 Å². The molecule has 2 atom stereocenters. The molecule has 0 aromatic heterocycles. The molecule has 0 fully saturated rings. The SMILES string of the molecule is CC(C)[C@@H]1C2c3ccccc3C(c3ccccc32)[C@H]1C(=O)Nc1ccccc1Cl. The first-order valence-electron chi connectivity index (χ1n) is 10.3. The Morgan fingerprint density at radius 1 is 0.793 bits per heavy atom. The first kappa shape index (κ1) is 18.4. The van der Waals surface area contributed by atoms with E-state index in [1.807, 2.05) is 24.3 Å². The Labute approximate surface area is 176 Å². The molecule has 2 bridgehead atoms. The summed E-state index contributed by atoms with van der Waals surface area (Å²) in [5, 5.41) is 3.71. The van der Waals surface area contributed by atoms with E-state index in [4.69, 9.17) is 11.6 Å². The second-order valence-electron chi connectivity index (χ2n) is 8.53. The Bertz CT molecular complexity index is 1040. The molecular formula is C26H24ClNO. The summed E-state index contributed by atoms with van der Waals surface area (Å²) in [6.45, 7) is 4.48. The maximum Gasteiger partial charge on any atom is 0.228 e. The fourth-order valence-electron chi connectivity index (χ4n) is 5.63. The highest BCUT2D eigenvalue weighted by Crippen LogP contribution is 2.60. The van der Waals surface area contributed by atoms with E-state index in [2.05, 4.69) is 67.7 Å². The normalized spacial score (nSPS) is 24.1. The topological polar surface area (TPSA) is 29.1 Å². The number of hydrogen-bond donors (Lipinski definition) is 1. The zero-order valence-electron chi connectivity index (χ0n) is 16.6. The number of para-hydroxylation sites is 1. The Morgan fingerprint density at radius 3 is 1.79 bits per heavy atom. The summed E-state index contributed by atoms with van der Waals surface area (Å²) < 4.78 is 0. The highest BCUT2D eigenvalue weighted by molar-refractivity contribution is 6.33. The monoisotopic (exact) mass is 401 g/mol. The summed E-state index contributed by atoms with van der Waals surface area (Å²) in [6, 6.07) is 24.8. The molecule has 0 radical (unpaired) electrons. The average molecular weight is 402 g/mol. The molecule has 3 aromatic carbocycles. The van der Waals surface area contributed by atoms with Crippen molar-refractivity contribution in [2.75, 3.05) is 5.32 Å². The largest absolute Gasteiger partial charge is 0.324 e. The molecule has 3 aliphatic rings. The minimum Gasteiger partial charge on any atom is -0.324 e.